The monoisotopic (exact) mass is 460 g/mol. The summed E-state index contributed by atoms with van der Waals surface area (Å²) in [6.45, 7) is 1.94. The number of aromatic nitrogens is 2. The maximum Gasteiger partial charge on any atom is 0.239 e. The van der Waals surface area contributed by atoms with E-state index in [0.717, 1.165) is 27.2 Å². The number of amides is 1. The Balaban J connectivity index is 1.55. The van der Waals surface area contributed by atoms with E-state index in [-0.39, 0.29) is 5.91 Å². The highest BCUT2D eigenvalue weighted by molar-refractivity contribution is 8.00. The average Bonchev–Trinajstić information content (AvgIpc) is 3.24. The van der Waals surface area contributed by atoms with Crippen LogP contribution in [0.15, 0.2) is 65.7 Å². The van der Waals surface area contributed by atoms with E-state index in [1.54, 1.807) is 13.2 Å². The van der Waals surface area contributed by atoms with E-state index < -0.39 is 5.25 Å². The molecular formula is C24H20N4O2S2. The molecule has 160 valence electrons. The molecule has 1 atom stereocenters. The zero-order valence-electron chi connectivity index (χ0n) is 17.5. The van der Waals surface area contributed by atoms with Crippen LogP contribution in [0.5, 0.6) is 5.75 Å². The van der Waals surface area contributed by atoms with Gasteiger partial charge in [-0.15, -0.1) is 0 Å². The van der Waals surface area contributed by atoms with E-state index in [1.807, 2.05) is 61.5 Å². The number of nitriles is 1. The maximum atomic E-state index is 13.0. The molecule has 32 heavy (non-hydrogen) atoms. The number of pyridine rings is 1. The van der Waals surface area contributed by atoms with Crippen LogP contribution in [0.4, 0.5) is 5.13 Å². The van der Waals surface area contributed by atoms with Crippen molar-refractivity contribution in [1.29, 1.82) is 5.26 Å². The molecule has 0 fully saturated rings. The molecule has 0 aliphatic rings. The number of nitrogens with zero attached hydrogens (tertiary/aromatic N) is 3. The Morgan fingerprint density at radius 3 is 2.72 bits per heavy atom. The van der Waals surface area contributed by atoms with Crippen molar-refractivity contribution in [2.45, 2.75) is 23.6 Å². The number of benzene rings is 2. The summed E-state index contributed by atoms with van der Waals surface area (Å²) in [4.78, 5) is 22.2. The van der Waals surface area contributed by atoms with Gasteiger partial charge in [0, 0.05) is 5.56 Å². The third kappa shape index (κ3) is 4.74. The lowest BCUT2D eigenvalue weighted by Gasteiger charge is -2.14. The van der Waals surface area contributed by atoms with Crippen LogP contribution in [-0.2, 0) is 4.79 Å². The van der Waals surface area contributed by atoms with E-state index >= 15 is 0 Å². The van der Waals surface area contributed by atoms with Crippen molar-refractivity contribution in [2.24, 2.45) is 0 Å². The second-order valence-corrected chi connectivity index (χ2v) is 9.11. The molecule has 8 heteroatoms. The second kappa shape index (κ2) is 9.81. The topological polar surface area (TPSA) is 87.9 Å². The summed E-state index contributed by atoms with van der Waals surface area (Å²) in [5.41, 5.74) is 2.98. The first kappa shape index (κ1) is 21.8. The van der Waals surface area contributed by atoms with Gasteiger partial charge >= 0.3 is 0 Å². The van der Waals surface area contributed by atoms with Crippen molar-refractivity contribution < 1.29 is 9.53 Å². The zero-order chi connectivity index (χ0) is 22.5. The largest absolute Gasteiger partial charge is 0.497 e. The van der Waals surface area contributed by atoms with Crippen molar-refractivity contribution in [3.63, 3.8) is 0 Å². The minimum absolute atomic E-state index is 0.167. The number of hydrogen-bond donors (Lipinski definition) is 1. The average molecular weight is 461 g/mol. The van der Waals surface area contributed by atoms with Crippen molar-refractivity contribution in [3.8, 4) is 23.1 Å². The Morgan fingerprint density at radius 1 is 1.19 bits per heavy atom. The summed E-state index contributed by atoms with van der Waals surface area (Å²) in [5.74, 6) is 0.578. The van der Waals surface area contributed by atoms with Gasteiger partial charge in [0.25, 0.3) is 0 Å². The number of carbonyl (C=O) groups is 1. The van der Waals surface area contributed by atoms with E-state index in [1.165, 1.54) is 23.1 Å². The van der Waals surface area contributed by atoms with Crippen LogP contribution in [0, 0.1) is 11.3 Å². The van der Waals surface area contributed by atoms with Gasteiger partial charge in [0.1, 0.15) is 16.8 Å². The smallest absolute Gasteiger partial charge is 0.239 e. The number of carbonyl (C=O) groups excluding carboxylic acids is 1. The summed E-state index contributed by atoms with van der Waals surface area (Å²) < 4.78 is 6.19. The predicted octanol–water partition coefficient (Wildman–Crippen LogP) is 5.75. The van der Waals surface area contributed by atoms with Crippen LogP contribution >= 0.6 is 23.1 Å². The molecule has 0 aliphatic carbocycles. The maximum absolute atomic E-state index is 13.0. The summed E-state index contributed by atoms with van der Waals surface area (Å²) in [6, 6.07) is 21.1. The van der Waals surface area contributed by atoms with Crippen molar-refractivity contribution >= 4 is 44.4 Å². The molecule has 0 aliphatic heterocycles. The lowest BCUT2D eigenvalue weighted by atomic mass is 10.1. The standard InChI is InChI=1S/C24H20N4O2S2/c1-3-20(22(29)28-24-27-19-12-10-17(30-2)13-21(19)32-24)31-23-16(14-25)9-11-18(26-23)15-7-5-4-6-8-15/h4-13,20H,3H2,1-2H3,(H,27,28,29). The van der Waals surface area contributed by atoms with Gasteiger partial charge in [-0.1, -0.05) is 60.4 Å². The summed E-state index contributed by atoms with van der Waals surface area (Å²) >= 11 is 2.70. The molecule has 1 N–H and O–H groups in total. The second-order valence-electron chi connectivity index (χ2n) is 6.88. The van der Waals surface area contributed by atoms with Gasteiger partial charge in [0.05, 0.1) is 33.8 Å². The van der Waals surface area contributed by atoms with E-state index in [0.29, 0.717) is 22.1 Å². The minimum atomic E-state index is -0.415. The van der Waals surface area contributed by atoms with Crippen molar-refractivity contribution in [2.75, 3.05) is 12.4 Å². The van der Waals surface area contributed by atoms with E-state index in [4.69, 9.17) is 4.74 Å². The highest BCUT2D eigenvalue weighted by Crippen LogP contribution is 2.32. The van der Waals surface area contributed by atoms with Gasteiger partial charge in [-0.2, -0.15) is 5.26 Å². The van der Waals surface area contributed by atoms with Crippen LogP contribution in [0.3, 0.4) is 0 Å². The van der Waals surface area contributed by atoms with Gasteiger partial charge < -0.3 is 10.1 Å². The molecule has 0 spiro atoms. The first-order valence-electron chi connectivity index (χ1n) is 10.00. The molecule has 2 aromatic carbocycles. The molecule has 4 aromatic rings. The number of hydrogen-bond acceptors (Lipinski definition) is 7. The van der Waals surface area contributed by atoms with Crippen molar-refractivity contribution in [1.82, 2.24) is 9.97 Å². The number of methoxy groups -OCH3 is 1. The number of nitrogens with one attached hydrogen (secondary N) is 1. The Bertz CT molecular complexity index is 1300. The van der Waals surface area contributed by atoms with Crippen LogP contribution < -0.4 is 10.1 Å². The number of thioether (sulfide) groups is 1. The van der Waals surface area contributed by atoms with Gasteiger partial charge in [-0.05, 0) is 36.8 Å². The predicted molar refractivity (Wildman–Crippen MR) is 129 cm³/mol. The Kier molecular flexibility index (Phi) is 6.69. The molecule has 2 heterocycles. The number of rotatable bonds is 7. The van der Waals surface area contributed by atoms with Gasteiger partial charge in [0.2, 0.25) is 5.91 Å². The van der Waals surface area contributed by atoms with Crippen LogP contribution in [-0.4, -0.2) is 28.2 Å². The normalized spacial score (nSPS) is 11.7. The van der Waals surface area contributed by atoms with Gasteiger partial charge in [0.15, 0.2) is 5.13 Å². The fourth-order valence-electron chi connectivity index (χ4n) is 3.11. The molecule has 1 unspecified atom stereocenters. The zero-order valence-corrected chi connectivity index (χ0v) is 19.2. The summed E-state index contributed by atoms with van der Waals surface area (Å²) in [6.07, 6.45) is 0.581. The number of fused-ring (bicyclic) bond motifs is 1. The highest BCUT2D eigenvalue weighted by Gasteiger charge is 2.22. The lowest BCUT2D eigenvalue weighted by molar-refractivity contribution is -0.115. The van der Waals surface area contributed by atoms with E-state index in [9.17, 15) is 10.1 Å². The van der Waals surface area contributed by atoms with Gasteiger partial charge in [-0.3, -0.25) is 4.79 Å². The lowest BCUT2D eigenvalue weighted by Crippen LogP contribution is -2.24. The highest BCUT2D eigenvalue weighted by atomic mass is 32.2. The third-order valence-electron chi connectivity index (χ3n) is 4.79. The van der Waals surface area contributed by atoms with Crippen LogP contribution in [0.25, 0.3) is 21.5 Å². The molecule has 0 radical (unpaired) electrons. The van der Waals surface area contributed by atoms with Crippen LogP contribution in [0.2, 0.25) is 0 Å². The molecular weight excluding hydrogens is 440 g/mol. The van der Waals surface area contributed by atoms with E-state index in [2.05, 4.69) is 21.4 Å². The minimum Gasteiger partial charge on any atom is -0.497 e. The molecule has 2 aromatic heterocycles. The quantitative estimate of drug-likeness (QED) is 0.353. The SMILES string of the molecule is CCC(Sc1nc(-c2ccccc2)ccc1C#N)C(=O)Nc1nc2ccc(OC)cc2s1. The first-order chi connectivity index (χ1) is 15.6. The number of anilines is 1. The van der Waals surface area contributed by atoms with Crippen LogP contribution in [0.1, 0.15) is 18.9 Å². The Morgan fingerprint density at radius 2 is 2.00 bits per heavy atom. The fourth-order valence-corrected chi connectivity index (χ4v) is 5.00. The molecule has 6 nitrogen and oxygen atoms in total. The number of ether oxygens (including phenoxy) is 1. The Labute approximate surface area is 194 Å². The Hall–Kier alpha value is -3.41. The third-order valence-corrected chi connectivity index (χ3v) is 7.09. The fraction of sp³-hybridized carbons (Fsp3) is 0.167. The summed E-state index contributed by atoms with van der Waals surface area (Å²) in [5, 5.41) is 13.1. The molecule has 0 saturated heterocycles. The molecule has 1 amide bonds. The van der Waals surface area contributed by atoms with Gasteiger partial charge in [-0.25, -0.2) is 9.97 Å². The molecule has 4 rings (SSSR count). The first-order valence-corrected chi connectivity index (χ1v) is 11.7. The summed E-state index contributed by atoms with van der Waals surface area (Å²) in [7, 11) is 1.62. The molecule has 0 saturated carbocycles. The number of thiazole rings is 1. The molecule has 0 bridgehead atoms. The van der Waals surface area contributed by atoms with Crippen molar-refractivity contribution in [3.05, 3.63) is 66.2 Å².